The molecule has 0 saturated heterocycles. The fourth-order valence-electron chi connectivity index (χ4n) is 1.76. The zero-order chi connectivity index (χ0) is 14.7. The summed E-state index contributed by atoms with van der Waals surface area (Å²) in [5.41, 5.74) is 1.70. The maximum absolute atomic E-state index is 11.1. The van der Waals surface area contributed by atoms with E-state index >= 15 is 0 Å². The first kappa shape index (κ1) is 14.3. The van der Waals surface area contributed by atoms with Crippen molar-refractivity contribution in [3.8, 4) is 11.6 Å². The third kappa shape index (κ3) is 3.27. The Morgan fingerprint density at radius 1 is 1.35 bits per heavy atom. The van der Waals surface area contributed by atoms with Crippen molar-refractivity contribution in [2.24, 2.45) is 0 Å². The first-order valence-corrected chi connectivity index (χ1v) is 6.55. The van der Waals surface area contributed by atoms with E-state index in [1.165, 1.54) is 6.07 Å². The van der Waals surface area contributed by atoms with Gasteiger partial charge in [0, 0.05) is 16.8 Å². The van der Waals surface area contributed by atoms with Gasteiger partial charge < -0.3 is 9.84 Å². The van der Waals surface area contributed by atoms with Crippen molar-refractivity contribution in [2.45, 2.75) is 20.3 Å². The molecule has 0 aliphatic heterocycles. The van der Waals surface area contributed by atoms with Crippen molar-refractivity contribution >= 4 is 17.6 Å². The smallest absolute Gasteiger partial charge is 0.335 e. The second-order valence-electron chi connectivity index (χ2n) is 4.36. The van der Waals surface area contributed by atoms with Crippen molar-refractivity contribution in [3.05, 3.63) is 52.2 Å². The van der Waals surface area contributed by atoms with Crippen LogP contribution in [0.1, 0.15) is 28.5 Å². The van der Waals surface area contributed by atoms with Crippen molar-refractivity contribution in [2.75, 3.05) is 0 Å². The van der Waals surface area contributed by atoms with Gasteiger partial charge in [0.2, 0.25) is 5.88 Å². The summed E-state index contributed by atoms with van der Waals surface area (Å²) in [7, 11) is 0. The topological polar surface area (TPSA) is 59.4 Å². The largest absolute Gasteiger partial charge is 0.478 e. The number of nitrogens with zero attached hydrogens (tertiary/aromatic N) is 1. The molecule has 0 radical (unpaired) electrons. The van der Waals surface area contributed by atoms with Gasteiger partial charge in [-0.25, -0.2) is 9.78 Å². The molecule has 5 heteroatoms. The molecule has 1 N–H and O–H groups in total. The number of aromatic nitrogens is 1. The van der Waals surface area contributed by atoms with Gasteiger partial charge in [-0.3, -0.25) is 0 Å². The van der Waals surface area contributed by atoms with Gasteiger partial charge in [0.15, 0.2) is 0 Å². The molecule has 0 atom stereocenters. The molecule has 104 valence electrons. The number of carboxylic acids is 1. The number of aromatic carboxylic acids is 1. The number of pyridine rings is 1. The summed E-state index contributed by atoms with van der Waals surface area (Å²) < 4.78 is 5.66. The Hall–Kier alpha value is -2.07. The molecule has 0 spiro atoms. The van der Waals surface area contributed by atoms with Crippen LogP contribution in [-0.4, -0.2) is 16.1 Å². The molecule has 0 unspecified atom stereocenters. The number of ether oxygens (including phenoxy) is 1. The Balaban J connectivity index is 2.37. The van der Waals surface area contributed by atoms with Crippen LogP contribution in [0.3, 0.4) is 0 Å². The molecule has 2 rings (SSSR count). The van der Waals surface area contributed by atoms with Crippen LogP contribution in [0, 0.1) is 6.92 Å². The Kier molecular flexibility index (Phi) is 4.25. The highest BCUT2D eigenvalue weighted by atomic mass is 35.5. The quantitative estimate of drug-likeness (QED) is 0.921. The Bertz CT molecular complexity index is 656. The minimum absolute atomic E-state index is 0.165. The SMILES string of the molecule is CCc1cc(C(=O)O)cc(Oc2ccc(Cl)cc2C)n1. The molecule has 0 fully saturated rings. The van der Waals surface area contributed by atoms with Gasteiger partial charge in [-0.05, 0) is 43.2 Å². The zero-order valence-electron chi connectivity index (χ0n) is 11.2. The minimum Gasteiger partial charge on any atom is -0.478 e. The Morgan fingerprint density at radius 2 is 2.10 bits per heavy atom. The average Bonchev–Trinajstić information content (AvgIpc) is 2.41. The first-order chi connectivity index (χ1) is 9.49. The van der Waals surface area contributed by atoms with E-state index in [2.05, 4.69) is 4.98 Å². The van der Waals surface area contributed by atoms with Gasteiger partial charge in [-0.1, -0.05) is 18.5 Å². The molecule has 20 heavy (non-hydrogen) atoms. The van der Waals surface area contributed by atoms with Gasteiger partial charge in [0.05, 0.1) is 5.56 Å². The number of aryl methyl sites for hydroxylation is 2. The first-order valence-electron chi connectivity index (χ1n) is 6.18. The average molecular weight is 292 g/mol. The summed E-state index contributed by atoms with van der Waals surface area (Å²) in [6.45, 7) is 3.77. The monoisotopic (exact) mass is 291 g/mol. The number of rotatable bonds is 4. The van der Waals surface area contributed by atoms with E-state index in [1.807, 2.05) is 13.8 Å². The highest BCUT2D eigenvalue weighted by Gasteiger charge is 2.10. The number of halogens is 1. The molecule has 0 aliphatic rings. The van der Waals surface area contributed by atoms with Crippen molar-refractivity contribution in [3.63, 3.8) is 0 Å². The number of hydrogen-bond acceptors (Lipinski definition) is 3. The van der Waals surface area contributed by atoms with Crippen LogP contribution in [0.4, 0.5) is 0 Å². The third-order valence-corrected chi connectivity index (χ3v) is 3.05. The highest BCUT2D eigenvalue weighted by Crippen LogP contribution is 2.27. The van der Waals surface area contributed by atoms with Gasteiger partial charge >= 0.3 is 5.97 Å². The Morgan fingerprint density at radius 3 is 2.70 bits per heavy atom. The maximum atomic E-state index is 11.1. The number of benzene rings is 1. The second-order valence-corrected chi connectivity index (χ2v) is 4.79. The number of hydrogen-bond donors (Lipinski definition) is 1. The Labute approximate surface area is 122 Å². The minimum atomic E-state index is -1.00. The lowest BCUT2D eigenvalue weighted by molar-refractivity contribution is 0.0696. The lowest BCUT2D eigenvalue weighted by Crippen LogP contribution is -2.01. The molecule has 4 nitrogen and oxygen atoms in total. The van der Waals surface area contributed by atoms with Crippen LogP contribution in [0.25, 0.3) is 0 Å². The lowest BCUT2D eigenvalue weighted by Gasteiger charge is -2.10. The van der Waals surface area contributed by atoms with E-state index in [-0.39, 0.29) is 11.4 Å². The van der Waals surface area contributed by atoms with E-state index < -0.39 is 5.97 Å². The fraction of sp³-hybridized carbons (Fsp3) is 0.200. The zero-order valence-corrected chi connectivity index (χ0v) is 11.9. The van der Waals surface area contributed by atoms with E-state index in [0.717, 1.165) is 5.56 Å². The summed E-state index contributed by atoms with van der Waals surface area (Å²) in [4.78, 5) is 15.4. The van der Waals surface area contributed by atoms with Gasteiger partial charge in [0.1, 0.15) is 5.75 Å². The summed E-state index contributed by atoms with van der Waals surface area (Å²) in [5, 5.41) is 9.71. The van der Waals surface area contributed by atoms with Crippen LogP contribution in [0.2, 0.25) is 5.02 Å². The molecule has 0 bridgehead atoms. The van der Waals surface area contributed by atoms with Crippen molar-refractivity contribution in [1.82, 2.24) is 4.98 Å². The summed E-state index contributed by atoms with van der Waals surface area (Å²) in [5.74, 6) is -0.126. The molecule has 2 aromatic rings. The van der Waals surface area contributed by atoms with Gasteiger partial charge in [-0.2, -0.15) is 0 Å². The number of carbonyl (C=O) groups is 1. The van der Waals surface area contributed by atoms with Gasteiger partial charge in [-0.15, -0.1) is 0 Å². The predicted octanol–water partition coefficient (Wildman–Crippen LogP) is 4.10. The molecule has 1 aromatic heterocycles. The van der Waals surface area contributed by atoms with E-state index in [4.69, 9.17) is 21.4 Å². The van der Waals surface area contributed by atoms with Crippen molar-refractivity contribution in [1.29, 1.82) is 0 Å². The maximum Gasteiger partial charge on any atom is 0.335 e. The normalized spacial score (nSPS) is 10.3. The van der Waals surface area contributed by atoms with Crippen LogP contribution < -0.4 is 4.74 Å². The number of carboxylic acid groups (broad SMARTS) is 1. The third-order valence-electron chi connectivity index (χ3n) is 2.82. The van der Waals surface area contributed by atoms with Crippen LogP contribution in [-0.2, 0) is 6.42 Å². The second kappa shape index (κ2) is 5.92. The van der Waals surface area contributed by atoms with Crippen LogP contribution >= 0.6 is 11.6 Å². The van der Waals surface area contributed by atoms with Crippen LogP contribution in [0.15, 0.2) is 30.3 Å². The molecule has 1 aromatic carbocycles. The van der Waals surface area contributed by atoms with Crippen molar-refractivity contribution < 1.29 is 14.6 Å². The van der Waals surface area contributed by atoms with E-state index in [9.17, 15) is 4.79 Å². The molecular formula is C15H14ClNO3. The van der Waals surface area contributed by atoms with Crippen LogP contribution in [0.5, 0.6) is 11.6 Å². The van der Waals surface area contributed by atoms with Gasteiger partial charge in [0.25, 0.3) is 0 Å². The van der Waals surface area contributed by atoms with E-state index in [0.29, 0.717) is 22.9 Å². The summed E-state index contributed by atoms with van der Waals surface area (Å²) in [6.07, 6.45) is 0.636. The fourth-order valence-corrected chi connectivity index (χ4v) is 1.98. The molecule has 0 amide bonds. The molecule has 0 saturated carbocycles. The summed E-state index contributed by atoms with van der Waals surface area (Å²) in [6, 6.07) is 8.18. The summed E-state index contributed by atoms with van der Waals surface area (Å²) >= 11 is 5.89. The molecule has 0 aliphatic carbocycles. The van der Waals surface area contributed by atoms with E-state index in [1.54, 1.807) is 24.3 Å². The lowest BCUT2D eigenvalue weighted by atomic mass is 10.2. The standard InChI is InChI=1S/C15H14ClNO3/c1-3-12-7-10(15(18)19)8-14(17-12)20-13-5-4-11(16)6-9(13)2/h4-8H,3H2,1-2H3,(H,18,19). The molecule has 1 heterocycles. The predicted molar refractivity (Wildman–Crippen MR) is 76.8 cm³/mol. The molecular weight excluding hydrogens is 278 g/mol. The highest BCUT2D eigenvalue weighted by molar-refractivity contribution is 6.30.